The lowest BCUT2D eigenvalue weighted by Gasteiger charge is -2.15. The molecule has 0 spiro atoms. The van der Waals surface area contributed by atoms with E-state index in [2.05, 4.69) is 0 Å². The number of methoxy groups -OCH3 is 1. The molecule has 1 amide bonds. The first-order chi connectivity index (χ1) is 12.1. The molecule has 0 aliphatic carbocycles. The van der Waals surface area contributed by atoms with Crippen molar-refractivity contribution in [1.82, 2.24) is 4.90 Å². The van der Waals surface area contributed by atoms with Crippen LogP contribution in [0.4, 0.5) is 4.39 Å². The van der Waals surface area contributed by atoms with Crippen molar-refractivity contribution in [1.29, 1.82) is 0 Å². The first-order valence-corrected chi connectivity index (χ1v) is 7.86. The van der Waals surface area contributed by atoms with E-state index in [4.69, 9.17) is 13.9 Å². The summed E-state index contributed by atoms with van der Waals surface area (Å²) in [6.45, 7) is 0.495. The van der Waals surface area contributed by atoms with Gasteiger partial charge in [0.1, 0.15) is 23.9 Å². The van der Waals surface area contributed by atoms with Crippen LogP contribution >= 0.6 is 0 Å². The maximum absolute atomic E-state index is 13.3. The molecule has 2 heterocycles. The van der Waals surface area contributed by atoms with Crippen LogP contribution in [0.15, 0.2) is 41.0 Å². The largest absolute Gasteiger partial charge is 0.496 e. The number of hydrogen-bond acceptors (Lipinski definition) is 5. The number of carbonyl (C=O) groups is 2. The molecule has 25 heavy (non-hydrogen) atoms. The van der Waals surface area contributed by atoms with E-state index < -0.39 is 17.7 Å². The lowest BCUT2D eigenvalue weighted by molar-refractivity contribution is -0.149. The zero-order valence-electron chi connectivity index (χ0n) is 13.7. The first kappa shape index (κ1) is 17.0. The average molecular weight is 347 g/mol. The summed E-state index contributed by atoms with van der Waals surface area (Å²) in [5.74, 6) is -0.485. The lowest BCUT2D eigenvalue weighted by Crippen LogP contribution is -2.26. The smallest absolute Gasteiger partial charge is 0.311 e. The number of carbonyl (C=O) groups excluding carboxylic acids is 2. The molecule has 1 aromatic heterocycles. The fraction of sp³-hybridized carbons (Fsp3) is 0.333. The fourth-order valence-electron chi connectivity index (χ4n) is 2.80. The van der Waals surface area contributed by atoms with Crippen LogP contribution in [0.3, 0.4) is 0 Å². The number of likely N-dealkylation sites (tertiary alicyclic amines) is 1. The van der Waals surface area contributed by atoms with Crippen molar-refractivity contribution in [2.24, 2.45) is 5.92 Å². The topological polar surface area (TPSA) is 69.0 Å². The van der Waals surface area contributed by atoms with E-state index in [1.165, 1.54) is 31.6 Å². The molecule has 1 fully saturated rings. The zero-order chi connectivity index (χ0) is 17.8. The minimum absolute atomic E-state index is 0.0971. The molecule has 0 saturated carbocycles. The van der Waals surface area contributed by atoms with Crippen molar-refractivity contribution in [2.45, 2.75) is 19.6 Å². The number of amides is 1. The van der Waals surface area contributed by atoms with Gasteiger partial charge in [0.15, 0.2) is 0 Å². The van der Waals surface area contributed by atoms with E-state index in [1.54, 1.807) is 17.0 Å². The van der Waals surface area contributed by atoms with Gasteiger partial charge in [0.2, 0.25) is 5.91 Å². The van der Waals surface area contributed by atoms with Crippen LogP contribution in [-0.2, 0) is 27.5 Å². The van der Waals surface area contributed by atoms with Crippen molar-refractivity contribution >= 4 is 11.9 Å². The lowest BCUT2D eigenvalue weighted by atomic mass is 10.1. The van der Waals surface area contributed by atoms with Crippen LogP contribution in [0.1, 0.15) is 17.7 Å². The number of esters is 1. The number of benzene rings is 1. The van der Waals surface area contributed by atoms with Crippen LogP contribution in [-0.4, -0.2) is 30.4 Å². The maximum atomic E-state index is 13.3. The van der Waals surface area contributed by atoms with Gasteiger partial charge in [0, 0.05) is 18.5 Å². The molecule has 1 aliphatic rings. The molecule has 1 aliphatic heterocycles. The van der Waals surface area contributed by atoms with Crippen molar-refractivity contribution in [3.8, 4) is 5.75 Å². The summed E-state index contributed by atoms with van der Waals surface area (Å²) in [5.41, 5.74) is 0.438. The van der Waals surface area contributed by atoms with Gasteiger partial charge in [-0.1, -0.05) is 0 Å². The SMILES string of the molecule is COc1ccc(F)cc1COC(=O)[C@H]1CC(=O)N(Cc2ccco2)C1. The first-order valence-electron chi connectivity index (χ1n) is 7.86. The Morgan fingerprint density at radius 3 is 2.96 bits per heavy atom. The number of halogens is 1. The third kappa shape index (κ3) is 3.99. The second-order valence-electron chi connectivity index (χ2n) is 5.82. The number of nitrogens with zero attached hydrogens (tertiary/aromatic N) is 1. The molecule has 0 unspecified atom stereocenters. The van der Waals surface area contributed by atoms with Crippen LogP contribution in [0.25, 0.3) is 0 Å². The van der Waals surface area contributed by atoms with Gasteiger partial charge < -0.3 is 18.8 Å². The molecule has 7 heteroatoms. The Labute approximate surface area is 144 Å². The Hall–Kier alpha value is -2.83. The summed E-state index contributed by atoms with van der Waals surface area (Å²) in [7, 11) is 1.46. The van der Waals surface area contributed by atoms with Gasteiger partial charge >= 0.3 is 5.97 Å². The monoisotopic (exact) mass is 347 g/mol. The normalized spacial score (nSPS) is 17.0. The van der Waals surface area contributed by atoms with Crippen LogP contribution in [0, 0.1) is 11.7 Å². The highest BCUT2D eigenvalue weighted by Crippen LogP contribution is 2.24. The second-order valence-corrected chi connectivity index (χ2v) is 5.82. The average Bonchev–Trinajstić information content (AvgIpc) is 3.23. The summed E-state index contributed by atoms with van der Waals surface area (Å²) >= 11 is 0. The predicted molar refractivity (Wildman–Crippen MR) is 85.0 cm³/mol. The van der Waals surface area contributed by atoms with E-state index in [0.29, 0.717) is 23.6 Å². The summed E-state index contributed by atoms with van der Waals surface area (Å²) in [6.07, 6.45) is 1.63. The van der Waals surface area contributed by atoms with Gasteiger partial charge in [-0.05, 0) is 30.3 Å². The quantitative estimate of drug-likeness (QED) is 0.751. The number of furan rings is 1. The summed E-state index contributed by atoms with van der Waals surface area (Å²) in [6, 6.07) is 7.52. The summed E-state index contributed by atoms with van der Waals surface area (Å²) in [5, 5.41) is 0. The molecule has 0 bridgehead atoms. The van der Waals surface area contributed by atoms with Crippen molar-refractivity contribution in [3.05, 3.63) is 53.7 Å². The Kier molecular flexibility index (Phi) is 5.02. The van der Waals surface area contributed by atoms with Gasteiger partial charge in [-0.2, -0.15) is 0 Å². The van der Waals surface area contributed by atoms with Gasteiger partial charge in [0.25, 0.3) is 0 Å². The molecule has 3 rings (SSSR count). The zero-order valence-corrected chi connectivity index (χ0v) is 13.7. The van der Waals surface area contributed by atoms with E-state index in [-0.39, 0.29) is 25.5 Å². The molecule has 0 radical (unpaired) electrons. The van der Waals surface area contributed by atoms with Crippen molar-refractivity contribution in [2.75, 3.05) is 13.7 Å². The molecule has 1 saturated heterocycles. The Morgan fingerprint density at radius 2 is 2.24 bits per heavy atom. The Bertz CT molecular complexity index is 759. The second kappa shape index (κ2) is 7.38. The molecule has 1 aromatic carbocycles. The number of ether oxygens (including phenoxy) is 2. The van der Waals surface area contributed by atoms with Gasteiger partial charge in [0.05, 0.1) is 25.8 Å². The van der Waals surface area contributed by atoms with E-state index in [0.717, 1.165) is 0 Å². The third-order valence-electron chi connectivity index (χ3n) is 4.09. The highest BCUT2D eigenvalue weighted by atomic mass is 19.1. The molecular weight excluding hydrogens is 329 g/mol. The van der Waals surface area contributed by atoms with Gasteiger partial charge in [-0.3, -0.25) is 9.59 Å². The highest BCUT2D eigenvalue weighted by molar-refractivity contribution is 5.86. The number of hydrogen-bond donors (Lipinski definition) is 0. The molecular formula is C18H18FNO5. The van der Waals surface area contributed by atoms with Crippen molar-refractivity contribution in [3.63, 3.8) is 0 Å². The Morgan fingerprint density at radius 1 is 1.40 bits per heavy atom. The molecule has 1 atom stereocenters. The number of rotatable bonds is 6. The fourth-order valence-corrected chi connectivity index (χ4v) is 2.80. The van der Waals surface area contributed by atoms with E-state index in [9.17, 15) is 14.0 Å². The minimum atomic E-state index is -0.540. The minimum Gasteiger partial charge on any atom is -0.496 e. The molecule has 132 valence electrons. The summed E-state index contributed by atoms with van der Waals surface area (Å²) < 4.78 is 28.9. The predicted octanol–water partition coefficient (Wildman–Crippen LogP) is 2.52. The van der Waals surface area contributed by atoms with Crippen LogP contribution in [0.5, 0.6) is 5.75 Å². The standard InChI is InChI=1S/C18H18FNO5/c1-23-16-5-4-14(19)7-13(16)11-25-18(22)12-8-17(21)20(9-12)10-15-3-2-6-24-15/h2-7,12H,8-11H2,1H3/t12-/m0/s1. The van der Waals surface area contributed by atoms with Crippen LogP contribution in [0.2, 0.25) is 0 Å². The molecule has 0 N–H and O–H groups in total. The maximum Gasteiger partial charge on any atom is 0.311 e. The molecule has 6 nitrogen and oxygen atoms in total. The van der Waals surface area contributed by atoms with Crippen molar-refractivity contribution < 1.29 is 27.9 Å². The van der Waals surface area contributed by atoms with E-state index in [1.807, 2.05) is 0 Å². The van der Waals surface area contributed by atoms with Gasteiger partial charge in [-0.25, -0.2) is 4.39 Å². The Balaban J connectivity index is 1.57. The summed E-state index contributed by atoms with van der Waals surface area (Å²) in [4.78, 5) is 25.8. The van der Waals surface area contributed by atoms with E-state index >= 15 is 0 Å². The molecule has 2 aromatic rings. The highest BCUT2D eigenvalue weighted by Gasteiger charge is 2.35. The van der Waals surface area contributed by atoms with Crippen LogP contribution < -0.4 is 4.74 Å². The third-order valence-corrected chi connectivity index (χ3v) is 4.09. The van der Waals surface area contributed by atoms with Gasteiger partial charge in [-0.15, -0.1) is 0 Å².